The molecule has 4 aliphatic rings. The fourth-order valence-corrected chi connectivity index (χ4v) is 6.15. The number of esters is 1. The maximum Gasteiger partial charge on any atom is 0.312 e. The molecule has 3 nitrogen and oxygen atoms in total. The zero-order valence-corrected chi connectivity index (χ0v) is 13.9. The second kappa shape index (κ2) is 5.34. The fraction of sp³-hybridized carbons (Fsp3) is 0.647. The van der Waals surface area contributed by atoms with Crippen LogP contribution >= 0.6 is 22.9 Å². The van der Waals surface area contributed by atoms with Crippen LogP contribution in [0.2, 0.25) is 4.34 Å². The molecule has 0 aromatic carbocycles. The van der Waals surface area contributed by atoms with Crippen LogP contribution in [0, 0.1) is 23.2 Å². The monoisotopic (exact) mass is 338 g/mol. The molecule has 1 aromatic heterocycles. The molecule has 22 heavy (non-hydrogen) atoms. The minimum atomic E-state index is -0.290. The Kier molecular flexibility index (Phi) is 3.57. The van der Waals surface area contributed by atoms with Gasteiger partial charge in [-0.15, -0.1) is 11.3 Å². The van der Waals surface area contributed by atoms with Crippen LogP contribution in [0.4, 0.5) is 0 Å². The predicted octanol–water partition coefficient (Wildman–Crippen LogP) is 4.34. The van der Waals surface area contributed by atoms with Crippen molar-refractivity contribution < 1.29 is 14.3 Å². The van der Waals surface area contributed by atoms with Gasteiger partial charge in [-0.1, -0.05) is 11.6 Å². The Morgan fingerprint density at radius 3 is 2.23 bits per heavy atom. The lowest BCUT2D eigenvalue weighted by molar-refractivity contribution is -0.170. The number of halogens is 1. The van der Waals surface area contributed by atoms with E-state index in [2.05, 4.69) is 0 Å². The first-order chi connectivity index (χ1) is 10.5. The van der Waals surface area contributed by atoms with E-state index in [9.17, 15) is 9.59 Å². The van der Waals surface area contributed by atoms with Gasteiger partial charge >= 0.3 is 5.97 Å². The highest BCUT2D eigenvalue weighted by atomic mass is 35.5. The smallest absolute Gasteiger partial charge is 0.312 e. The van der Waals surface area contributed by atoms with Gasteiger partial charge in [0.1, 0.15) is 0 Å². The molecule has 5 rings (SSSR count). The first-order valence-corrected chi connectivity index (χ1v) is 9.19. The van der Waals surface area contributed by atoms with Crippen molar-refractivity contribution in [2.75, 3.05) is 6.61 Å². The van der Waals surface area contributed by atoms with Gasteiger partial charge in [0.15, 0.2) is 6.61 Å². The Morgan fingerprint density at radius 1 is 1.14 bits per heavy atom. The average molecular weight is 339 g/mol. The highest BCUT2D eigenvalue weighted by Gasteiger charge is 2.55. The Balaban J connectivity index is 1.41. The molecule has 1 heterocycles. The molecule has 5 heteroatoms. The van der Waals surface area contributed by atoms with Crippen molar-refractivity contribution in [2.24, 2.45) is 23.2 Å². The number of ether oxygens (including phenoxy) is 1. The Bertz CT molecular complexity index is 586. The van der Waals surface area contributed by atoms with Crippen LogP contribution in [0.15, 0.2) is 12.1 Å². The molecule has 118 valence electrons. The van der Waals surface area contributed by atoms with Gasteiger partial charge in [-0.05, 0) is 68.4 Å². The predicted molar refractivity (Wildman–Crippen MR) is 85.2 cm³/mol. The molecule has 4 saturated carbocycles. The van der Waals surface area contributed by atoms with E-state index < -0.39 is 0 Å². The van der Waals surface area contributed by atoms with Gasteiger partial charge in [-0.3, -0.25) is 9.59 Å². The van der Waals surface area contributed by atoms with Gasteiger partial charge in [0.2, 0.25) is 5.78 Å². The second-order valence-corrected chi connectivity index (χ2v) is 9.02. The summed E-state index contributed by atoms with van der Waals surface area (Å²) in [6.45, 7) is -0.155. The zero-order chi connectivity index (χ0) is 15.3. The van der Waals surface area contributed by atoms with E-state index in [1.165, 1.54) is 30.6 Å². The third kappa shape index (κ3) is 2.50. The summed E-state index contributed by atoms with van der Waals surface area (Å²) in [6.07, 6.45) is 6.78. The molecule has 0 atom stereocenters. The highest BCUT2D eigenvalue weighted by Crippen LogP contribution is 2.60. The quantitative estimate of drug-likeness (QED) is 0.605. The number of hydrogen-bond acceptors (Lipinski definition) is 4. The summed E-state index contributed by atoms with van der Waals surface area (Å²) in [5.74, 6) is 1.80. The molecule has 4 aliphatic carbocycles. The molecule has 0 saturated heterocycles. The molecule has 0 unspecified atom stereocenters. The largest absolute Gasteiger partial charge is 0.457 e. The number of rotatable bonds is 4. The van der Waals surface area contributed by atoms with Gasteiger partial charge in [-0.25, -0.2) is 0 Å². The molecule has 0 radical (unpaired) electrons. The van der Waals surface area contributed by atoms with Crippen molar-refractivity contribution in [3.63, 3.8) is 0 Å². The van der Waals surface area contributed by atoms with Crippen LogP contribution in [0.1, 0.15) is 48.2 Å². The Labute approximate surface area is 139 Å². The van der Waals surface area contributed by atoms with Crippen LogP contribution in [0.5, 0.6) is 0 Å². The summed E-state index contributed by atoms with van der Waals surface area (Å²) in [7, 11) is 0. The number of Topliss-reactive ketones (excluding diaryl/α,β-unsaturated/α-hetero) is 1. The van der Waals surface area contributed by atoms with Crippen LogP contribution in [0.3, 0.4) is 0 Å². The molecule has 1 aromatic rings. The van der Waals surface area contributed by atoms with E-state index in [1.807, 2.05) is 0 Å². The van der Waals surface area contributed by atoms with E-state index in [0.717, 1.165) is 19.3 Å². The summed E-state index contributed by atoms with van der Waals surface area (Å²) in [5, 5.41) is 0. The summed E-state index contributed by atoms with van der Waals surface area (Å²) >= 11 is 7.07. The van der Waals surface area contributed by atoms with Gasteiger partial charge in [0.25, 0.3) is 0 Å². The molecule has 0 amide bonds. The maximum absolute atomic E-state index is 12.6. The summed E-state index contributed by atoms with van der Waals surface area (Å²) in [4.78, 5) is 25.3. The standard InChI is InChI=1S/C17H19ClO3S/c18-15-2-1-14(22-15)13(19)9-21-16(20)17-6-10-3-11(7-17)5-12(4-10)8-17/h1-2,10-12H,3-9H2. The van der Waals surface area contributed by atoms with E-state index in [0.29, 0.717) is 27.0 Å². The van der Waals surface area contributed by atoms with Crippen molar-refractivity contribution in [1.82, 2.24) is 0 Å². The van der Waals surface area contributed by atoms with E-state index >= 15 is 0 Å². The minimum absolute atomic E-state index is 0.136. The lowest BCUT2D eigenvalue weighted by atomic mass is 9.49. The summed E-state index contributed by atoms with van der Waals surface area (Å²) in [6, 6.07) is 3.38. The van der Waals surface area contributed by atoms with Crippen LogP contribution < -0.4 is 0 Å². The van der Waals surface area contributed by atoms with Crippen molar-refractivity contribution in [3.05, 3.63) is 21.3 Å². The number of ketones is 1. The minimum Gasteiger partial charge on any atom is -0.457 e. The topological polar surface area (TPSA) is 43.4 Å². The normalized spacial score (nSPS) is 35.6. The third-order valence-corrected chi connectivity index (χ3v) is 6.93. The van der Waals surface area contributed by atoms with Gasteiger partial charge in [0, 0.05) is 0 Å². The molecular formula is C17H19ClO3S. The number of carbonyl (C=O) groups is 2. The van der Waals surface area contributed by atoms with Crippen molar-refractivity contribution in [2.45, 2.75) is 38.5 Å². The fourth-order valence-electron chi connectivity index (χ4n) is 5.18. The summed E-state index contributed by atoms with van der Waals surface area (Å²) in [5.41, 5.74) is -0.290. The first-order valence-electron chi connectivity index (χ1n) is 8.00. The van der Waals surface area contributed by atoms with Gasteiger partial charge in [-0.2, -0.15) is 0 Å². The molecule has 0 N–H and O–H groups in total. The van der Waals surface area contributed by atoms with E-state index in [4.69, 9.17) is 16.3 Å². The van der Waals surface area contributed by atoms with Crippen LogP contribution in [-0.4, -0.2) is 18.4 Å². The second-order valence-electron chi connectivity index (χ2n) is 7.30. The van der Waals surface area contributed by atoms with Crippen molar-refractivity contribution >= 4 is 34.7 Å². The molecular weight excluding hydrogens is 320 g/mol. The van der Waals surface area contributed by atoms with E-state index in [-0.39, 0.29) is 23.8 Å². The SMILES string of the molecule is O=C(COC(=O)C12CC3CC(CC(C3)C1)C2)c1ccc(Cl)s1. The van der Waals surface area contributed by atoms with Gasteiger partial charge in [0.05, 0.1) is 14.6 Å². The zero-order valence-electron chi connectivity index (χ0n) is 12.3. The molecule has 4 bridgehead atoms. The van der Waals surface area contributed by atoms with E-state index in [1.54, 1.807) is 12.1 Å². The molecule has 0 aliphatic heterocycles. The van der Waals surface area contributed by atoms with Crippen LogP contribution in [-0.2, 0) is 9.53 Å². The summed E-state index contributed by atoms with van der Waals surface area (Å²) < 4.78 is 6.01. The molecule has 0 spiro atoms. The number of hydrogen-bond donors (Lipinski definition) is 0. The number of thiophene rings is 1. The average Bonchev–Trinajstić information content (AvgIpc) is 2.89. The van der Waals surface area contributed by atoms with Gasteiger partial charge < -0.3 is 4.74 Å². The van der Waals surface area contributed by atoms with Crippen molar-refractivity contribution in [1.29, 1.82) is 0 Å². The first kappa shape index (κ1) is 14.7. The highest BCUT2D eigenvalue weighted by molar-refractivity contribution is 7.18. The molecule has 4 fully saturated rings. The third-order valence-electron chi connectivity index (χ3n) is 5.65. The lowest BCUT2D eigenvalue weighted by Gasteiger charge is -2.55. The number of carbonyl (C=O) groups excluding carboxylic acids is 2. The maximum atomic E-state index is 12.6. The Hall–Kier alpha value is -0.870. The van der Waals surface area contributed by atoms with Crippen molar-refractivity contribution in [3.8, 4) is 0 Å². The van der Waals surface area contributed by atoms with Crippen LogP contribution in [0.25, 0.3) is 0 Å². The Morgan fingerprint density at radius 2 is 1.73 bits per heavy atom. The lowest BCUT2D eigenvalue weighted by Crippen LogP contribution is -2.50.